The SMILES string of the molecule is CCOc1ccc(S(=O)(=O)NCCC(=O)NCCOc2ccc(F)cc2)cc1. The Morgan fingerprint density at radius 1 is 0.964 bits per heavy atom. The third-order valence-electron chi connectivity index (χ3n) is 3.60. The number of hydrogen-bond donors (Lipinski definition) is 2. The van der Waals surface area contributed by atoms with Crippen molar-refractivity contribution in [1.82, 2.24) is 10.0 Å². The Labute approximate surface area is 163 Å². The average Bonchev–Trinajstić information content (AvgIpc) is 2.67. The van der Waals surface area contributed by atoms with Crippen LogP contribution in [0.25, 0.3) is 0 Å². The van der Waals surface area contributed by atoms with E-state index in [-0.39, 0.29) is 42.7 Å². The number of benzene rings is 2. The summed E-state index contributed by atoms with van der Waals surface area (Å²) in [4.78, 5) is 11.9. The second-order valence-corrected chi connectivity index (χ2v) is 7.47. The van der Waals surface area contributed by atoms with E-state index in [9.17, 15) is 17.6 Å². The first-order chi connectivity index (χ1) is 13.4. The number of halogens is 1. The van der Waals surface area contributed by atoms with Crippen molar-refractivity contribution in [3.63, 3.8) is 0 Å². The summed E-state index contributed by atoms with van der Waals surface area (Å²) in [6, 6.07) is 11.6. The Balaban J connectivity index is 1.67. The minimum absolute atomic E-state index is 0.00714. The maximum absolute atomic E-state index is 12.8. The summed E-state index contributed by atoms with van der Waals surface area (Å²) < 4.78 is 50.2. The van der Waals surface area contributed by atoms with Gasteiger partial charge in [-0.15, -0.1) is 0 Å². The quantitative estimate of drug-likeness (QED) is 0.554. The van der Waals surface area contributed by atoms with Gasteiger partial charge in [0.1, 0.15) is 23.9 Å². The first-order valence-corrected chi connectivity index (χ1v) is 10.3. The van der Waals surface area contributed by atoms with Gasteiger partial charge in [-0.2, -0.15) is 0 Å². The van der Waals surface area contributed by atoms with Crippen molar-refractivity contribution in [1.29, 1.82) is 0 Å². The van der Waals surface area contributed by atoms with Gasteiger partial charge in [0.05, 0.1) is 18.0 Å². The van der Waals surface area contributed by atoms with E-state index in [0.29, 0.717) is 18.1 Å². The maximum atomic E-state index is 12.8. The van der Waals surface area contributed by atoms with Gasteiger partial charge in [0.2, 0.25) is 15.9 Å². The van der Waals surface area contributed by atoms with Gasteiger partial charge in [-0.3, -0.25) is 4.79 Å². The zero-order chi connectivity index (χ0) is 20.4. The van der Waals surface area contributed by atoms with E-state index in [1.165, 1.54) is 36.4 Å². The van der Waals surface area contributed by atoms with Crippen LogP contribution < -0.4 is 19.5 Å². The van der Waals surface area contributed by atoms with Crippen molar-refractivity contribution in [3.05, 3.63) is 54.3 Å². The molecule has 0 saturated carbocycles. The van der Waals surface area contributed by atoms with Gasteiger partial charge < -0.3 is 14.8 Å². The molecule has 2 N–H and O–H groups in total. The summed E-state index contributed by atoms with van der Waals surface area (Å²) in [5.74, 6) is 0.424. The van der Waals surface area contributed by atoms with Crippen LogP contribution >= 0.6 is 0 Å². The van der Waals surface area contributed by atoms with Crippen LogP contribution in [0.5, 0.6) is 11.5 Å². The van der Waals surface area contributed by atoms with E-state index in [1.807, 2.05) is 6.92 Å². The van der Waals surface area contributed by atoms with Gasteiger partial charge in [-0.05, 0) is 55.5 Å². The van der Waals surface area contributed by atoms with Crippen molar-refractivity contribution in [2.45, 2.75) is 18.2 Å². The molecule has 7 nitrogen and oxygen atoms in total. The molecule has 0 aliphatic heterocycles. The fourth-order valence-electron chi connectivity index (χ4n) is 2.24. The summed E-state index contributed by atoms with van der Waals surface area (Å²) in [6.45, 7) is 2.78. The van der Waals surface area contributed by atoms with E-state index >= 15 is 0 Å². The second kappa shape index (κ2) is 10.6. The van der Waals surface area contributed by atoms with E-state index in [2.05, 4.69) is 10.0 Å². The Bertz CT molecular complexity index is 855. The largest absolute Gasteiger partial charge is 0.494 e. The molecule has 0 atom stereocenters. The maximum Gasteiger partial charge on any atom is 0.240 e. The number of amides is 1. The van der Waals surface area contributed by atoms with Crippen molar-refractivity contribution in [2.75, 3.05) is 26.3 Å². The lowest BCUT2D eigenvalue weighted by atomic mass is 10.3. The molecule has 2 aromatic rings. The molecule has 0 bridgehead atoms. The molecule has 0 aliphatic carbocycles. The van der Waals surface area contributed by atoms with Crippen LogP contribution in [-0.2, 0) is 14.8 Å². The number of carbonyl (C=O) groups is 1. The topological polar surface area (TPSA) is 93.7 Å². The van der Waals surface area contributed by atoms with Gasteiger partial charge in [0, 0.05) is 13.0 Å². The first-order valence-electron chi connectivity index (χ1n) is 8.78. The highest BCUT2D eigenvalue weighted by Gasteiger charge is 2.14. The van der Waals surface area contributed by atoms with E-state index in [0.717, 1.165) is 0 Å². The summed E-state index contributed by atoms with van der Waals surface area (Å²) in [6.07, 6.45) is -0.00714. The van der Waals surface area contributed by atoms with Crippen LogP contribution in [0, 0.1) is 5.82 Å². The molecule has 0 heterocycles. The molecule has 0 spiro atoms. The van der Waals surface area contributed by atoms with Crippen molar-refractivity contribution >= 4 is 15.9 Å². The molecule has 0 saturated heterocycles. The Morgan fingerprint density at radius 2 is 1.57 bits per heavy atom. The minimum Gasteiger partial charge on any atom is -0.494 e. The summed E-state index contributed by atoms with van der Waals surface area (Å²) in [5, 5.41) is 2.62. The predicted molar refractivity (Wildman–Crippen MR) is 102 cm³/mol. The molecular formula is C19H23FN2O5S. The zero-order valence-electron chi connectivity index (χ0n) is 15.5. The van der Waals surface area contributed by atoms with Crippen LogP contribution in [0.2, 0.25) is 0 Å². The standard InChI is InChI=1S/C19H23FN2O5S/c1-2-26-16-7-9-18(10-8-16)28(24,25)22-12-11-19(23)21-13-14-27-17-5-3-15(20)4-6-17/h3-10,22H,2,11-14H2,1H3,(H,21,23). The summed E-state index contributed by atoms with van der Waals surface area (Å²) in [5.41, 5.74) is 0. The van der Waals surface area contributed by atoms with Gasteiger partial charge in [0.15, 0.2) is 0 Å². The van der Waals surface area contributed by atoms with Crippen molar-refractivity contribution < 1.29 is 27.1 Å². The van der Waals surface area contributed by atoms with E-state index in [4.69, 9.17) is 9.47 Å². The predicted octanol–water partition coefficient (Wildman–Crippen LogP) is 2.09. The highest BCUT2D eigenvalue weighted by atomic mass is 32.2. The minimum atomic E-state index is -3.69. The number of ether oxygens (including phenoxy) is 2. The molecule has 2 aromatic carbocycles. The normalized spacial score (nSPS) is 11.1. The Kier molecular flexibility index (Phi) is 8.21. The smallest absolute Gasteiger partial charge is 0.240 e. The fraction of sp³-hybridized carbons (Fsp3) is 0.316. The van der Waals surface area contributed by atoms with Gasteiger partial charge in [-0.1, -0.05) is 0 Å². The molecule has 0 fully saturated rings. The van der Waals surface area contributed by atoms with Gasteiger partial charge >= 0.3 is 0 Å². The number of nitrogens with one attached hydrogen (secondary N) is 2. The first kappa shape index (κ1) is 21.6. The highest BCUT2D eigenvalue weighted by molar-refractivity contribution is 7.89. The highest BCUT2D eigenvalue weighted by Crippen LogP contribution is 2.15. The molecular weight excluding hydrogens is 387 g/mol. The molecule has 0 aromatic heterocycles. The number of sulfonamides is 1. The molecule has 9 heteroatoms. The summed E-state index contributed by atoms with van der Waals surface area (Å²) in [7, 11) is -3.69. The molecule has 0 aliphatic rings. The van der Waals surface area contributed by atoms with Crippen LogP contribution in [0.1, 0.15) is 13.3 Å². The Hall–Kier alpha value is -2.65. The van der Waals surface area contributed by atoms with Crippen LogP contribution in [0.15, 0.2) is 53.4 Å². The summed E-state index contributed by atoms with van der Waals surface area (Å²) >= 11 is 0. The lowest BCUT2D eigenvalue weighted by Gasteiger charge is -2.09. The van der Waals surface area contributed by atoms with E-state index in [1.54, 1.807) is 12.1 Å². The van der Waals surface area contributed by atoms with Crippen LogP contribution in [-0.4, -0.2) is 40.6 Å². The van der Waals surface area contributed by atoms with E-state index < -0.39 is 10.0 Å². The average molecular weight is 410 g/mol. The van der Waals surface area contributed by atoms with Gasteiger partial charge in [-0.25, -0.2) is 17.5 Å². The zero-order valence-corrected chi connectivity index (χ0v) is 16.3. The van der Waals surface area contributed by atoms with Crippen molar-refractivity contribution in [3.8, 4) is 11.5 Å². The van der Waals surface area contributed by atoms with Crippen LogP contribution in [0.4, 0.5) is 4.39 Å². The second-order valence-electron chi connectivity index (χ2n) is 5.70. The van der Waals surface area contributed by atoms with Crippen molar-refractivity contribution in [2.24, 2.45) is 0 Å². The molecule has 2 rings (SSSR count). The molecule has 28 heavy (non-hydrogen) atoms. The molecule has 0 unspecified atom stereocenters. The molecule has 1 amide bonds. The third-order valence-corrected chi connectivity index (χ3v) is 5.07. The molecule has 0 radical (unpaired) electrons. The van der Waals surface area contributed by atoms with Crippen LogP contribution in [0.3, 0.4) is 0 Å². The fourth-order valence-corrected chi connectivity index (χ4v) is 3.27. The molecule has 152 valence electrons. The monoisotopic (exact) mass is 410 g/mol. The lowest BCUT2D eigenvalue weighted by Crippen LogP contribution is -2.32. The number of rotatable bonds is 11. The number of hydrogen-bond acceptors (Lipinski definition) is 5. The van der Waals surface area contributed by atoms with Gasteiger partial charge in [0.25, 0.3) is 0 Å². The third kappa shape index (κ3) is 7.16. The lowest BCUT2D eigenvalue weighted by molar-refractivity contribution is -0.121. The number of carbonyl (C=O) groups excluding carboxylic acids is 1. The Morgan fingerprint density at radius 3 is 2.21 bits per heavy atom.